The summed E-state index contributed by atoms with van der Waals surface area (Å²) in [6.45, 7) is 0.547. The van der Waals surface area contributed by atoms with E-state index >= 15 is 0 Å². The molecule has 0 saturated heterocycles. The van der Waals surface area contributed by atoms with E-state index in [2.05, 4.69) is 30.8 Å². The van der Waals surface area contributed by atoms with Gasteiger partial charge in [-0.3, -0.25) is 0 Å². The highest BCUT2D eigenvalue weighted by molar-refractivity contribution is 7.99. The van der Waals surface area contributed by atoms with Crippen molar-refractivity contribution in [3.05, 3.63) is 78.1 Å². The zero-order chi connectivity index (χ0) is 19.6. The van der Waals surface area contributed by atoms with E-state index in [9.17, 15) is 4.39 Å². The van der Waals surface area contributed by atoms with Gasteiger partial charge in [0.05, 0.1) is 12.1 Å². The molecule has 5 aromatic rings. The second-order valence-corrected chi connectivity index (χ2v) is 7.14. The van der Waals surface area contributed by atoms with Gasteiger partial charge in [0.2, 0.25) is 5.16 Å². The molecule has 29 heavy (non-hydrogen) atoms. The topological polar surface area (TPSA) is 86.7 Å². The van der Waals surface area contributed by atoms with E-state index in [1.54, 1.807) is 35.0 Å². The molecule has 0 N–H and O–H groups in total. The third kappa shape index (κ3) is 3.45. The first kappa shape index (κ1) is 17.4. The first-order valence-electron chi connectivity index (χ1n) is 8.73. The number of tetrazole rings is 1. The van der Waals surface area contributed by atoms with E-state index in [1.165, 1.54) is 22.3 Å². The van der Waals surface area contributed by atoms with E-state index in [-0.39, 0.29) is 5.82 Å². The van der Waals surface area contributed by atoms with Gasteiger partial charge in [0, 0.05) is 0 Å². The van der Waals surface area contributed by atoms with Crippen molar-refractivity contribution in [2.45, 2.75) is 16.7 Å². The Morgan fingerprint density at radius 3 is 2.55 bits per heavy atom. The molecule has 0 fully saturated rings. The standard InChI is InChI=1S/C19H13FN8S/c20-15-9-5-4-8-14(15)18-22-21-16-10-11-17(24-28(16)18)29-19-23-25-26-27(19)12-13-6-2-1-3-7-13/h1-11H,12H2. The Morgan fingerprint density at radius 2 is 1.69 bits per heavy atom. The SMILES string of the molecule is Fc1ccccc1-c1nnc2ccc(Sc3nnnn3Cc3ccccc3)nn12. The van der Waals surface area contributed by atoms with Crippen LogP contribution in [0.2, 0.25) is 0 Å². The quantitative estimate of drug-likeness (QED) is 0.445. The largest absolute Gasteiger partial charge is 0.216 e. The Labute approximate surface area is 168 Å². The second-order valence-electron chi connectivity index (χ2n) is 6.15. The smallest absolute Gasteiger partial charge is 0.215 e. The molecule has 2 aromatic carbocycles. The van der Waals surface area contributed by atoms with Crippen LogP contribution in [0, 0.1) is 5.82 Å². The lowest BCUT2D eigenvalue weighted by Gasteiger charge is -2.05. The molecule has 0 bridgehead atoms. The number of rotatable bonds is 5. The Bertz CT molecular complexity index is 1280. The van der Waals surface area contributed by atoms with Gasteiger partial charge in [-0.25, -0.2) is 9.07 Å². The van der Waals surface area contributed by atoms with Crippen LogP contribution < -0.4 is 0 Å². The maximum absolute atomic E-state index is 14.2. The van der Waals surface area contributed by atoms with Gasteiger partial charge in [0.15, 0.2) is 11.5 Å². The molecule has 3 aromatic heterocycles. The maximum Gasteiger partial charge on any atom is 0.215 e. The molecule has 5 rings (SSSR count). The van der Waals surface area contributed by atoms with Crippen LogP contribution in [0.4, 0.5) is 4.39 Å². The molecular weight excluding hydrogens is 391 g/mol. The summed E-state index contributed by atoms with van der Waals surface area (Å²) in [4.78, 5) is 0. The predicted octanol–water partition coefficient (Wildman–Crippen LogP) is 3.12. The van der Waals surface area contributed by atoms with Gasteiger partial charge in [-0.2, -0.15) is 9.61 Å². The number of benzene rings is 2. The molecule has 0 spiro atoms. The molecule has 0 unspecified atom stereocenters. The van der Waals surface area contributed by atoms with Gasteiger partial charge in [0.25, 0.3) is 0 Å². The zero-order valence-electron chi connectivity index (χ0n) is 14.9. The molecule has 0 aliphatic carbocycles. The van der Waals surface area contributed by atoms with Gasteiger partial charge < -0.3 is 0 Å². The van der Waals surface area contributed by atoms with Crippen molar-refractivity contribution < 1.29 is 4.39 Å². The molecule has 0 atom stereocenters. The number of halogens is 1. The Morgan fingerprint density at radius 1 is 0.862 bits per heavy atom. The lowest BCUT2D eigenvalue weighted by molar-refractivity contribution is 0.602. The van der Waals surface area contributed by atoms with Crippen LogP contribution in [0.5, 0.6) is 0 Å². The summed E-state index contributed by atoms with van der Waals surface area (Å²) < 4.78 is 17.4. The number of hydrogen-bond donors (Lipinski definition) is 0. The normalized spacial score (nSPS) is 11.2. The van der Waals surface area contributed by atoms with Crippen molar-refractivity contribution in [2.75, 3.05) is 0 Å². The Hall–Kier alpha value is -3.66. The number of aromatic nitrogens is 8. The number of nitrogens with zero attached hydrogens (tertiary/aromatic N) is 8. The zero-order valence-corrected chi connectivity index (χ0v) is 15.7. The van der Waals surface area contributed by atoms with Gasteiger partial charge in [-0.05, 0) is 52.0 Å². The fourth-order valence-corrected chi connectivity index (χ4v) is 3.59. The third-order valence-electron chi connectivity index (χ3n) is 4.22. The van der Waals surface area contributed by atoms with Crippen LogP contribution in [0.25, 0.3) is 17.0 Å². The molecule has 0 saturated carbocycles. The molecule has 10 heteroatoms. The van der Waals surface area contributed by atoms with Crippen molar-refractivity contribution in [3.63, 3.8) is 0 Å². The van der Waals surface area contributed by atoms with Crippen molar-refractivity contribution in [1.29, 1.82) is 0 Å². The molecule has 3 heterocycles. The van der Waals surface area contributed by atoms with E-state index in [1.807, 2.05) is 30.3 Å². The first-order chi connectivity index (χ1) is 14.3. The number of hydrogen-bond acceptors (Lipinski definition) is 7. The van der Waals surface area contributed by atoms with Crippen molar-refractivity contribution in [1.82, 2.24) is 40.0 Å². The van der Waals surface area contributed by atoms with E-state index in [0.29, 0.717) is 33.8 Å². The summed E-state index contributed by atoms with van der Waals surface area (Å²) in [6, 6.07) is 19.9. The summed E-state index contributed by atoms with van der Waals surface area (Å²) in [5.74, 6) is -0.0436. The van der Waals surface area contributed by atoms with Crippen LogP contribution in [-0.2, 0) is 6.54 Å². The van der Waals surface area contributed by atoms with E-state index in [4.69, 9.17) is 0 Å². The molecule has 8 nitrogen and oxygen atoms in total. The summed E-state index contributed by atoms with van der Waals surface area (Å²) in [5.41, 5.74) is 1.95. The van der Waals surface area contributed by atoms with Crippen molar-refractivity contribution in [2.24, 2.45) is 0 Å². The van der Waals surface area contributed by atoms with Crippen LogP contribution in [0.1, 0.15) is 5.56 Å². The van der Waals surface area contributed by atoms with Crippen LogP contribution in [0.3, 0.4) is 0 Å². The van der Waals surface area contributed by atoms with Gasteiger partial charge in [0.1, 0.15) is 10.8 Å². The van der Waals surface area contributed by atoms with Crippen LogP contribution >= 0.6 is 11.8 Å². The summed E-state index contributed by atoms with van der Waals surface area (Å²) in [6.07, 6.45) is 0. The van der Waals surface area contributed by atoms with Gasteiger partial charge >= 0.3 is 0 Å². The molecular formula is C19H13FN8S. The summed E-state index contributed by atoms with van der Waals surface area (Å²) in [7, 11) is 0. The highest BCUT2D eigenvalue weighted by Crippen LogP contribution is 2.26. The van der Waals surface area contributed by atoms with Crippen LogP contribution in [-0.4, -0.2) is 40.0 Å². The molecule has 0 aliphatic rings. The lowest BCUT2D eigenvalue weighted by atomic mass is 10.2. The van der Waals surface area contributed by atoms with E-state index in [0.717, 1.165) is 5.56 Å². The fraction of sp³-hybridized carbons (Fsp3) is 0.0526. The fourth-order valence-electron chi connectivity index (χ4n) is 2.86. The average Bonchev–Trinajstić information content (AvgIpc) is 3.36. The van der Waals surface area contributed by atoms with E-state index < -0.39 is 0 Å². The second kappa shape index (κ2) is 7.40. The highest BCUT2D eigenvalue weighted by Gasteiger charge is 2.15. The summed E-state index contributed by atoms with van der Waals surface area (Å²) >= 11 is 1.31. The highest BCUT2D eigenvalue weighted by atomic mass is 32.2. The van der Waals surface area contributed by atoms with Gasteiger partial charge in [-0.1, -0.05) is 42.5 Å². The minimum atomic E-state index is -0.381. The first-order valence-corrected chi connectivity index (χ1v) is 9.55. The molecule has 0 aliphatic heterocycles. The number of fused-ring (bicyclic) bond motifs is 1. The average molecular weight is 404 g/mol. The van der Waals surface area contributed by atoms with Gasteiger partial charge in [-0.15, -0.1) is 15.3 Å². The minimum absolute atomic E-state index is 0.337. The Kier molecular flexibility index (Phi) is 4.45. The molecule has 142 valence electrons. The molecule has 0 amide bonds. The monoisotopic (exact) mass is 404 g/mol. The van der Waals surface area contributed by atoms with Crippen molar-refractivity contribution >= 4 is 17.4 Å². The third-order valence-corrected chi connectivity index (χ3v) is 5.13. The van der Waals surface area contributed by atoms with Crippen LogP contribution in [0.15, 0.2) is 76.9 Å². The van der Waals surface area contributed by atoms with Crippen molar-refractivity contribution in [3.8, 4) is 11.4 Å². The predicted molar refractivity (Wildman–Crippen MR) is 104 cm³/mol. The Balaban J connectivity index is 1.47. The minimum Gasteiger partial charge on any atom is -0.216 e. The molecule has 0 radical (unpaired) electrons. The lowest BCUT2D eigenvalue weighted by Crippen LogP contribution is -2.04. The maximum atomic E-state index is 14.2. The summed E-state index contributed by atoms with van der Waals surface area (Å²) in [5, 5.41) is 25.9.